The monoisotopic (exact) mass is 221 g/mol. The van der Waals surface area contributed by atoms with E-state index in [1.807, 2.05) is 0 Å². The lowest BCUT2D eigenvalue weighted by Gasteiger charge is -2.02. The van der Waals surface area contributed by atoms with Gasteiger partial charge >= 0.3 is 5.97 Å². The lowest BCUT2D eigenvalue weighted by molar-refractivity contribution is -0.138. The minimum Gasteiger partial charge on any atom is -0.480 e. The first-order chi connectivity index (χ1) is 7.66. The number of imidazole rings is 2. The van der Waals surface area contributed by atoms with Gasteiger partial charge in [-0.15, -0.1) is 0 Å². The number of aromatic nitrogens is 4. The van der Waals surface area contributed by atoms with Crippen molar-refractivity contribution in [1.82, 2.24) is 19.5 Å². The molecule has 0 unspecified atom stereocenters. The number of carbonyl (C=O) groups is 1. The largest absolute Gasteiger partial charge is 0.480 e. The fourth-order valence-electron chi connectivity index (χ4n) is 1.29. The second kappa shape index (κ2) is 4.15. The van der Waals surface area contributed by atoms with Crippen molar-refractivity contribution in [2.75, 3.05) is 0 Å². The first-order valence-electron chi connectivity index (χ1n) is 4.67. The fraction of sp³-hybridized carbons (Fsp3) is 0.222. The number of carboxylic acid groups (broad SMARTS) is 1. The number of H-pyrrole nitrogens is 1. The van der Waals surface area contributed by atoms with Crippen LogP contribution in [0.2, 0.25) is 0 Å². The molecule has 2 aromatic rings. The molecule has 2 aromatic heterocycles. The Bertz CT molecular complexity index is 476. The molecule has 0 bridgehead atoms. The van der Waals surface area contributed by atoms with Crippen molar-refractivity contribution in [3.63, 3.8) is 0 Å². The van der Waals surface area contributed by atoms with E-state index in [2.05, 4.69) is 15.0 Å². The van der Waals surface area contributed by atoms with E-state index in [0.717, 1.165) is 0 Å². The molecule has 0 aliphatic heterocycles. The Labute approximate surface area is 90.9 Å². The molecule has 0 spiro atoms. The second-order valence-electron chi connectivity index (χ2n) is 3.35. The number of aliphatic carboxylic acids is 1. The zero-order valence-electron chi connectivity index (χ0n) is 8.37. The molecule has 0 saturated heterocycles. The van der Waals surface area contributed by atoms with Gasteiger partial charge in [-0.1, -0.05) is 0 Å². The summed E-state index contributed by atoms with van der Waals surface area (Å²) in [5.74, 6) is -0.441. The van der Waals surface area contributed by atoms with E-state index in [9.17, 15) is 4.79 Å². The second-order valence-corrected chi connectivity index (χ2v) is 3.35. The van der Waals surface area contributed by atoms with E-state index in [4.69, 9.17) is 10.8 Å². The van der Waals surface area contributed by atoms with Gasteiger partial charge in [0.05, 0.1) is 6.20 Å². The lowest BCUT2D eigenvalue weighted by atomic mass is 10.2. The SMILES string of the molecule is N[C@@H](Cc1cnc(-n2ccnc2)[nH]1)C(=O)O. The maximum atomic E-state index is 10.6. The third-order valence-corrected chi connectivity index (χ3v) is 2.12. The van der Waals surface area contributed by atoms with Crippen molar-refractivity contribution in [1.29, 1.82) is 0 Å². The summed E-state index contributed by atoms with van der Waals surface area (Å²) < 4.78 is 1.69. The van der Waals surface area contributed by atoms with E-state index in [1.165, 1.54) is 0 Å². The van der Waals surface area contributed by atoms with Gasteiger partial charge in [0.1, 0.15) is 12.4 Å². The summed E-state index contributed by atoms with van der Waals surface area (Å²) in [5, 5.41) is 8.66. The number of aromatic amines is 1. The molecule has 0 saturated carbocycles. The zero-order valence-corrected chi connectivity index (χ0v) is 8.37. The van der Waals surface area contributed by atoms with Crippen LogP contribution in [-0.4, -0.2) is 36.6 Å². The highest BCUT2D eigenvalue weighted by Crippen LogP contribution is 2.04. The van der Waals surface area contributed by atoms with Crippen LogP contribution < -0.4 is 5.73 Å². The molecule has 84 valence electrons. The van der Waals surface area contributed by atoms with Crippen LogP contribution in [0, 0.1) is 0 Å². The van der Waals surface area contributed by atoms with Crippen LogP contribution in [0.15, 0.2) is 24.9 Å². The van der Waals surface area contributed by atoms with Crippen LogP contribution in [0.1, 0.15) is 5.69 Å². The summed E-state index contributed by atoms with van der Waals surface area (Å²) in [5.41, 5.74) is 6.09. The van der Waals surface area contributed by atoms with Crippen molar-refractivity contribution in [3.8, 4) is 5.95 Å². The molecule has 0 fully saturated rings. The van der Waals surface area contributed by atoms with Gasteiger partial charge in [-0.3, -0.25) is 9.36 Å². The maximum Gasteiger partial charge on any atom is 0.320 e. The summed E-state index contributed by atoms with van der Waals surface area (Å²) in [6.45, 7) is 0. The number of hydrogen-bond acceptors (Lipinski definition) is 4. The Morgan fingerprint density at radius 3 is 3.12 bits per heavy atom. The Morgan fingerprint density at radius 2 is 2.50 bits per heavy atom. The van der Waals surface area contributed by atoms with Gasteiger partial charge in [0.25, 0.3) is 0 Å². The average molecular weight is 221 g/mol. The van der Waals surface area contributed by atoms with Crippen LogP contribution in [0.25, 0.3) is 5.95 Å². The van der Waals surface area contributed by atoms with Gasteiger partial charge in [0.2, 0.25) is 5.95 Å². The minimum absolute atomic E-state index is 0.219. The molecule has 0 amide bonds. The molecule has 0 radical (unpaired) electrons. The van der Waals surface area contributed by atoms with Crippen molar-refractivity contribution in [2.45, 2.75) is 12.5 Å². The molecule has 4 N–H and O–H groups in total. The molecule has 2 rings (SSSR count). The number of nitrogens with one attached hydrogen (secondary N) is 1. The van der Waals surface area contributed by atoms with Gasteiger partial charge < -0.3 is 15.8 Å². The zero-order chi connectivity index (χ0) is 11.5. The number of carboxylic acids is 1. The van der Waals surface area contributed by atoms with E-state index in [-0.39, 0.29) is 6.42 Å². The molecule has 0 aliphatic rings. The number of hydrogen-bond donors (Lipinski definition) is 3. The first kappa shape index (κ1) is 10.4. The molecule has 7 nitrogen and oxygen atoms in total. The molecule has 7 heteroatoms. The highest BCUT2D eigenvalue weighted by Gasteiger charge is 2.13. The van der Waals surface area contributed by atoms with Gasteiger partial charge in [0, 0.05) is 24.5 Å². The standard InChI is InChI=1S/C9H11N5O2/c10-7(8(15)16)3-6-4-12-9(13-6)14-2-1-11-5-14/h1-2,4-5,7H,3,10H2,(H,12,13)(H,15,16)/t7-/m0/s1. The van der Waals surface area contributed by atoms with Crippen molar-refractivity contribution in [2.24, 2.45) is 5.73 Å². The van der Waals surface area contributed by atoms with Gasteiger partial charge in [-0.2, -0.15) is 0 Å². The fourth-order valence-corrected chi connectivity index (χ4v) is 1.29. The predicted molar refractivity (Wildman–Crippen MR) is 55.0 cm³/mol. The summed E-state index contributed by atoms with van der Waals surface area (Å²) in [6.07, 6.45) is 6.75. The molecule has 2 heterocycles. The third-order valence-electron chi connectivity index (χ3n) is 2.12. The van der Waals surface area contributed by atoms with E-state index < -0.39 is 12.0 Å². The Kier molecular flexibility index (Phi) is 2.69. The molecular weight excluding hydrogens is 210 g/mol. The van der Waals surface area contributed by atoms with Crippen LogP contribution >= 0.6 is 0 Å². The molecule has 0 aromatic carbocycles. The smallest absolute Gasteiger partial charge is 0.320 e. The predicted octanol–water partition coefficient (Wildman–Crippen LogP) is -0.450. The summed E-state index contributed by atoms with van der Waals surface area (Å²) >= 11 is 0. The highest BCUT2D eigenvalue weighted by molar-refractivity contribution is 5.73. The third kappa shape index (κ3) is 2.09. The summed E-state index contributed by atoms with van der Waals surface area (Å²) in [6, 6.07) is -0.920. The lowest BCUT2D eigenvalue weighted by Crippen LogP contribution is -2.32. The van der Waals surface area contributed by atoms with E-state index >= 15 is 0 Å². The van der Waals surface area contributed by atoms with Crippen molar-refractivity contribution < 1.29 is 9.90 Å². The number of rotatable bonds is 4. The molecular formula is C9H11N5O2. The average Bonchev–Trinajstić information content (AvgIpc) is 2.85. The van der Waals surface area contributed by atoms with Crippen molar-refractivity contribution >= 4 is 5.97 Å². The summed E-state index contributed by atoms with van der Waals surface area (Å²) in [4.78, 5) is 21.5. The van der Waals surface area contributed by atoms with Crippen LogP contribution in [0.3, 0.4) is 0 Å². The van der Waals surface area contributed by atoms with Crippen LogP contribution in [0.4, 0.5) is 0 Å². The van der Waals surface area contributed by atoms with E-state index in [0.29, 0.717) is 11.6 Å². The molecule has 16 heavy (non-hydrogen) atoms. The number of nitrogens with two attached hydrogens (primary N) is 1. The van der Waals surface area contributed by atoms with Crippen LogP contribution in [0.5, 0.6) is 0 Å². The van der Waals surface area contributed by atoms with Crippen molar-refractivity contribution in [3.05, 3.63) is 30.6 Å². The Hall–Kier alpha value is -2.15. The summed E-state index contributed by atoms with van der Waals surface area (Å²) in [7, 11) is 0. The molecule has 0 aliphatic carbocycles. The topological polar surface area (TPSA) is 110 Å². The van der Waals surface area contributed by atoms with Gasteiger partial charge in [-0.05, 0) is 0 Å². The first-order valence-corrected chi connectivity index (χ1v) is 4.67. The van der Waals surface area contributed by atoms with Gasteiger partial charge in [-0.25, -0.2) is 9.97 Å². The molecule has 1 atom stereocenters. The van der Waals surface area contributed by atoms with Gasteiger partial charge in [0.15, 0.2) is 0 Å². The number of nitrogens with zero attached hydrogens (tertiary/aromatic N) is 3. The quantitative estimate of drug-likeness (QED) is 0.647. The maximum absolute atomic E-state index is 10.6. The van der Waals surface area contributed by atoms with Crippen LogP contribution in [-0.2, 0) is 11.2 Å². The highest BCUT2D eigenvalue weighted by atomic mass is 16.4. The Morgan fingerprint density at radius 1 is 1.69 bits per heavy atom. The Balaban J connectivity index is 2.11. The minimum atomic E-state index is -1.03. The normalized spacial score (nSPS) is 12.6. The van der Waals surface area contributed by atoms with E-state index in [1.54, 1.807) is 29.5 Å².